The first-order chi connectivity index (χ1) is 5.53. The highest BCUT2D eigenvalue weighted by Crippen LogP contribution is 2.44. The summed E-state index contributed by atoms with van der Waals surface area (Å²) in [5, 5.41) is 0. The smallest absolute Gasteiger partial charge is 0.179 e. The molecule has 2 nitrogen and oxygen atoms in total. The number of carbonyl (C=O) groups excluding carboxylic acids is 1. The summed E-state index contributed by atoms with van der Waals surface area (Å²) in [7, 11) is 0. The van der Waals surface area contributed by atoms with Crippen molar-refractivity contribution in [3.8, 4) is 0 Å². The van der Waals surface area contributed by atoms with E-state index in [1.54, 1.807) is 0 Å². The highest BCUT2D eigenvalue weighted by molar-refractivity contribution is 9.26. The minimum absolute atomic E-state index is 0.0775. The van der Waals surface area contributed by atoms with Gasteiger partial charge in [-0.2, -0.15) is 0 Å². The zero-order chi connectivity index (χ0) is 8.93. The minimum atomic E-state index is -0.752. The molecule has 0 spiro atoms. The molecule has 0 radical (unpaired) electrons. The average Bonchev–Trinajstić information content (AvgIpc) is 2.46. The number of ether oxygens (including phenoxy) is 1. The van der Waals surface area contributed by atoms with Crippen LogP contribution in [0.15, 0.2) is 12.2 Å². The first kappa shape index (κ1) is 9.37. The van der Waals surface area contributed by atoms with Gasteiger partial charge in [-0.25, -0.2) is 0 Å². The van der Waals surface area contributed by atoms with Crippen LogP contribution < -0.4 is 0 Å². The fourth-order valence-corrected chi connectivity index (χ4v) is 3.61. The van der Waals surface area contributed by atoms with Crippen molar-refractivity contribution in [2.24, 2.45) is 0 Å². The molecule has 3 atom stereocenters. The predicted octanol–water partition coefficient (Wildman–Crippen LogP) is 2.14. The topological polar surface area (TPSA) is 26.3 Å². The Balaban J connectivity index is 2.38. The molecule has 66 valence electrons. The monoisotopic (exact) mass is 358 g/mol. The van der Waals surface area contributed by atoms with E-state index in [2.05, 4.69) is 47.8 Å². The molecule has 1 fully saturated rings. The standard InChI is InChI=1S/C7H5Br3O2/c8-5-3-1-2-4(12-3)7(9,10)6(5)11/h1-5H/t3-,4+,5?/m0/s1. The highest BCUT2D eigenvalue weighted by Gasteiger charge is 2.53. The predicted molar refractivity (Wildman–Crippen MR) is 56.1 cm³/mol. The Morgan fingerprint density at radius 2 is 2.08 bits per heavy atom. The van der Waals surface area contributed by atoms with Gasteiger partial charge in [-0.1, -0.05) is 59.9 Å². The third-order valence-corrected chi connectivity index (χ3v) is 4.63. The number of ketones is 1. The molecule has 0 aromatic heterocycles. The molecular weight excluding hydrogens is 356 g/mol. The van der Waals surface area contributed by atoms with E-state index in [0.717, 1.165) is 0 Å². The van der Waals surface area contributed by atoms with Crippen LogP contribution in [0.4, 0.5) is 0 Å². The van der Waals surface area contributed by atoms with Crippen molar-refractivity contribution in [3.63, 3.8) is 0 Å². The molecule has 2 aliphatic heterocycles. The Morgan fingerprint density at radius 1 is 1.42 bits per heavy atom. The maximum Gasteiger partial charge on any atom is 0.179 e. The van der Waals surface area contributed by atoms with Crippen molar-refractivity contribution < 1.29 is 9.53 Å². The molecule has 0 aromatic carbocycles. The second kappa shape index (κ2) is 2.90. The van der Waals surface area contributed by atoms with Crippen LogP contribution in [0.3, 0.4) is 0 Å². The van der Waals surface area contributed by atoms with E-state index >= 15 is 0 Å². The molecule has 0 aliphatic carbocycles. The molecule has 0 amide bonds. The zero-order valence-electron chi connectivity index (χ0n) is 5.84. The van der Waals surface area contributed by atoms with Gasteiger partial charge in [0.05, 0.1) is 6.10 Å². The number of alkyl halides is 3. The zero-order valence-corrected chi connectivity index (χ0v) is 10.6. The Labute approximate surface area is 95.1 Å². The molecule has 1 saturated heterocycles. The van der Waals surface area contributed by atoms with Crippen LogP contribution in [0.5, 0.6) is 0 Å². The van der Waals surface area contributed by atoms with Gasteiger partial charge in [0.15, 0.2) is 9.02 Å². The van der Waals surface area contributed by atoms with Crippen molar-refractivity contribution in [2.75, 3.05) is 0 Å². The van der Waals surface area contributed by atoms with Gasteiger partial charge in [0, 0.05) is 0 Å². The molecule has 0 aromatic rings. The molecule has 2 aliphatic rings. The Morgan fingerprint density at radius 3 is 2.75 bits per heavy atom. The Hall–Kier alpha value is 0.810. The maximum absolute atomic E-state index is 11.6. The van der Waals surface area contributed by atoms with Gasteiger partial charge >= 0.3 is 0 Å². The number of rotatable bonds is 0. The summed E-state index contributed by atoms with van der Waals surface area (Å²) in [6.07, 6.45) is 3.51. The van der Waals surface area contributed by atoms with Crippen LogP contribution in [-0.2, 0) is 9.53 Å². The van der Waals surface area contributed by atoms with Gasteiger partial charge in [0.2, 0.25) is 0 Å². The quantitative estimate of drug-likeness (QED) is 0.489. The molecular formula is C7H5Br3O2. The lowest BCUT2D eigenvalue weighted by Crippen LogP contribution is -2.51. The van der Waals surface area contributed by atoms with Gasteiger partial charge in [0.1, 0.15) is 10.9 Å². The van der Waals surface area contributed by atoms with Crippen LogP contribution in [0.2, 0.25) is 0 Å². The molecule has 1 unspecified atom stereocenters. The average molecular weight is 361 g/mol. The summed E-state index contributed by atoms with van der Waals surface area (Å²) in [4.78, 5) is 11.4. The SMILES string of the molecule is O=C1C(Br)[C@@H]2C=C[C@@H](O2)C1(Br)Br. The Kier molecular flexibility index (Phi) is 2.27. The number of carbonyl (C=O) groups is 1. The third-order valence-electron chi connectivity index (χ3n) is 2.00. The van der Waals surface area contributed by atoms with E-state index in [1.165, 1.54) is 0 Å². The number of fused-ring (bicyclic) bond motifs is 2. The molecule has 2 bridgehead atoms. The van der Waals surface area contributed by atoms with Crippen molar-refractivity contribution >= 4 is 53.6 Å². The van der Waals surface area contributed by atoms with E-state index in [0.29, 0.717) is 0 Å². The van der Waals surface area contributed by atoms with Crippen LogP contribution in [0, 0.1) is 0 Å². The fraction of sp³-hybridized carbons (Fsp3) is 0.571. The van der Waals surface area contributed by atoms with Crippen LogP contribution in [0.1, 0.15) is 0 Å². The van der Waals surface area contributed by atoms with Gasteiger partial charge in [0.25, 0.3) is 0 Å². The largest absolute Gasteiger partial charge is 0.362 e. The number of Topliss-reactive ketones (excluding diaryl/α,β-unsaturated/α-hetero) is 1. The molecule has 2 heterocycles. The summed E-state index contributed by atoms with van der Waals surface area (Å²) in [5.41, 5.74) is 0. The lowest BCUT2D eigenvalue weighted by Gasteiger charge is -2.34. The summed E-state index contributed by atoms with van der Waals surface area (Å²) >= 11 is 9.92. The third kappa shape index (κ3) is 1.17. The van der Waals surface area contributed by atoms with Crippen molar-refractivity contribution in [2.45, 2.75) is 20.3 Å². The fourth-order valence-electron chi connectivity index (χ4n) is 1.32. The normalized spacial score (nSPS) is 43.6. The first-order valence-electron chi connectivity index (χ1n) is 3.43. The van der Waals surface area contributed by atoms with Gasteiger partial charge in [-0.15, -0.1) is 0 Å². The minimum Gasteiger partial charge on any atom is -0.362 e. The van der Waals surface area contributed by atoms with Crippen molar-refractivity contribution in [3.05, 3.63) is 12.2 Å². The van der Waals surface area contributed by atoms with E-state index in [1.807, 2.05) is 12.2 Å². The van der Waals surface area contributed by atoms with Crippen LogP contribution in [-0.4, -0.2) is 26.1 Å². The van der Waals surface area contributed by atoms with Gasteiger partial charge in [-0.05, 0) is 0 Å². The van der Waals surface area contributed by atoms with E-state index in [9.17, 15) is 4.79 Å². The Bertz CT molecular complexity index is 261. The van der Waals surface area contributed by atoms with Gasteiger partial charge in [-0.3, -0.25) is 4.79 Å². The summed E-state index contributed by atoms with van der Waals surface area (Å²) < 4.78 is 4.77. The number of halogens is 3. The van der Waals surface area contributed by atoms with Crippen molar-refractivity contribution in [1.82, 2.24) is 0 Å². The second-order valence-corrected chi connectivity index (χ2v) is 7.35. The number of hydrogen-bond acceptors (Lipinski definition) is 2. The molecule has 5 heteroatoms. The summed E-state index contributed by atoms with van der Waals surface area (Å²) in [6.45, 7) is 0. The molecule has 0 N–H and O–H groups in total. The summed E-state index contributed by atoms with van der Waals surface area (Å²) in [6, 6.07) is 0. The van der Waals surface area contributed by atoms with Crippen LogP contribution >= 0.6 is 47.8 Å². The van der Waals surface area contributed by atoms with Crippen LogP contribution in [0.25, 0.3) is 0 Å². The van der Waals surface area contributed by atoms with Gasteiger partial charge < -0.3 is 4.74 Å². The first-order valence-corrected chi connectivity index (χ1v) is 5.93. The lowest BCUT2D eigenvalue weighted by molar-refractivity contribution is -0.127. The maximum atomic E-state index is 11.6. The molecule has 2 rings (SSSR count). The summed E-state index contributed by atoms with van der Waals surface area (Å²) in [5.74, 6) is 0.0775. The second-order valence-electron chi connectivity index (χ2n) is 2.80. The lowest BCUT2D eigenvalue weighted by atomic mass is 10.1. The van der Waals surface area contributed by atoms with E-state index in [4.69, 9.17) is 4.74 Å². The molecule has 0 saturated carbocycles. The number of hydrogen-bond donors (Lipinski definition) is 0. The van der Waals surface area contributed by atoms with E-state index in [-0.39, 0.29) is 22.8 Å². The molecule has 12 heavy (non-hydrogen) atoms. The van der Waals surface area contributed by atoms with E-state index < -0.39 is 3.23 Å². The van der Waals surface area contributed by atoms with Crippen molar-refractivity contribution in [1.29, 1.82) is 0 Å². The highest BCUT2D eigenvalue weighted by atomic mass is 79.9.